The maximum absolute atomic E-state index is 12.4. The second-order valence-corrected chi connectivity index (χ2v) is 5.54. The molecule has 1 aliphatic rings. The molecule has 5 heteroatoms. The van der Waals surface area contributed by atoms with Crippen molar-refractivity contribution in [3.05, 3.63) is 29.3 Å². The van der Waals surface area contributed by atoms with Gasteiger partial charge in [-0.3, -0.25) is 4.79 Å². The van der Waals surface area contributed by atoms with Gasteiger partial charge in [-0.1, -0.05) is 15.9 Å². The minimum atomic E-state index is -0.236. The molecule has 1 aromatic carbocycles. The van der Waals surface area contributed by atoms with Crippen LogP contribution in [0.2, 0.25) is 0 Å². The van der Waals surface area contributed by atoms with E-state index in [-0.39, 0.29) is 17.2 Å². The van der Waals surface area contributed by atoms with Gasteiger partial charge in [0.05, 0.1) is 5.54 Å². The Kier molecular flexibility index (Phi) is 4.47. The summed E-state index contributed by atoms with van der Waals surface area (Å²) in [5, 5.41) is 13.2. The van der Waals surface area contributed by atoms with Crippen molar-refractivity contribution in [2.45, 2.75) is 25.3 Å². The van der Waals surface area contributed by atoms with E-state index < -0.39 is 0 Å². The fraction of sp³-hybridized carbons (Fsp3) is 0.500. The van der Waals surface area contributed by atoms with Crippen molar-refractivity contribution in [2.75, 3.05) is 18.5 Å². The van der Waals surface area contributed by atoms with Crippen LogP contribution in [0.5, 0.6) is 5.75 Å². The predicted octanol–water partition coefficient (Wildman–Crippen LogP) is 2.37. The Morgan fingerprint density at radius 1 is 1.47 bits per heavy atom. The first-order valence-corrected chi connectivity index (χ1v) is 7.44. The van der Waals surface area contributed by atoms with E-state index in [1.165, 1.54) is 6.07 Å². The number of phenols is 1. The van der Waals surface area contributed by atoms with E-state index in [4.69, 9.17) is 4.74 Å². The first-order valence-electron chi connectivity index (χ1n) is 6.32. The third kappa shape index (κ3) is 3.28. The zero-order chi connectivity index (χ0) is 13.9. The lowest BCUT2D eigenvalue weighted by molar-refractivity contribution is 0.0441. The largest absolute Gasteiger partial charge is 0.508 e. The Morgan fingerprint density at radius 3 is 2.74 bits per heavy atom. The molecule has 0 bridgehead atoms. The molecule has 0 aliphatic carbocycles. The summed E-state index contributed by atoms with van der Waals surface area (Å²) >= 11 is 3.49. The van der Waals surface area contributed by atoms with Crippen molar-refractivity contribution in [3.63, 3.8) is 0 Å². The standard InChI is InChI=1S/C14H18BrNO3/c1-10-8-11(17)2-3-12(10)13(18)16-14(9-15)4-6-19-7-5-14/h2-3,8,17H,4-7,9H2,1H3,(H,16,18). The van der Waals surface area contributed by atoms with Crippen molar-refractivity contribution in [2.24, 2.45) is 0 Å². The number of amides is 1. The van der Waals surface area contributed by atoms with E-state index in [0.717, 1.165) is 18.4 Å². The molecule has 0 radical (unpaired) electrons. The van der Waals surface area contributed by atoms with E-state index in [9.17, 15) is 9.90 Å². The number of aryl methyl sites for hydroxylation is 1. The zero-order valence-corrected chi connectivity index (χ0v) is 12.5. The quantitative estimate of drug-likeness (QED) is 0.838. The molecule has 1 aromatic rings. The lowest BCUT2D eigenvalue weighted by atomic mass is 9.91. The third-order valence-corrected chi connectivity index (χ3v) is 4.61. The number of ether oxygens (including phenoxy) is 1. The van der Waals surface area contributed by atoms with Gasteiger partial charge in [0.1, 0.15) is 5.75 Å². The number of rotatable bonds is 3. The fourth-order valence-electron chi connectivity index (χ4n) is 2.26. The number of hydrogen-bond donors (Lipinski definition) is 2. The topological polar surface area (TPSA) is 58.6 Å². The summed E-state index contributed by atoms with van der Waals surface area (Å²) < 4.78 is 5.35. The van der Waals surface area contributed by atoms with Crippen LogP contribution in [0.1, 0.15) is 28.8 Å². The molecule has 1 fully saturated rings. The van der Waals surface area contributed by atoms with Gasteiger partial charge in [0.25, 0.3) is 5.91 Å². The zero-order valence-electron chi connectivity index (χ0n) is 10.9. The summed E-state index contributed by atoms with van der Waals surface area (Å²) in [6, 6.07) is 4.79. The van der Waals surface area contributed by atoms with Gasteiger partial charge in [0.2, 0.25) is 0 Å². The van der Waals surface area contributed by atoms with E-state index in [1.54, 1.807) is 12.1 Å². The minimum absolute atomic E-state index is 0.0983. The number of benzene rings is 1. The summed E-state index contributed by atoms with van der Waals surface area (Å²) in [4.78, 5) is 12.4. The van der Waals surface area contributed by atoms with Crippen molar-refractivity contribution in [1.29, 1.82) is 0 Å². The molecular weight excluding hydrogens is 310 g/mol. The molecule has 2 N–H and O–H groups in total. The van der Waals surface area contributed by atoms with Crippen LogP contribution in [-0.2, 0) is 4.74 Å². The molecule has 1 heterocycles. The van der Waals surface area contributed by atoms with Gasteiger partial charge < -0.3 is 15.2 Å². The summed E-state index contributed by atoms with van der Waals surface area (Å²) in [7, 11) is 0. The van der Waals surface area contributed by atoms with E-state index in [0.29, 0.717) is 24.1 Å². The summed E-state index contributed by atoms with van der Waals surface area (Å²) in [6.07, 6.45) is 1.61. The van der Waals surface area contributed by atoms with Crippen molar-refractivity contribution in [1.82, 2.24) is 5.32 Å². The molecule has 0 spiro atoms. The van der Waals surface area contributed by atoms with Gasteiger partial charge >= 0.3 is 0 Å². The van der Waals surface area contributed by atoms with Crippen LogP contribution in [0.3, 0.4) is 0 Å². The maximum atomic E-state index is 12.4. The number of nitrogens with one attached hydrogen (secondary N) is 1. The third-order valence-electron chi connectivity index (χ3n) is 3.54. The molecule has 4 nitrogen and oxygen atoms in total. The smallest absolute Gasteiger partial charge is 0.252 e. The molecule has 0 saturated carbocycles. The minimum Gasteiger partial charge on any atom is -0.508 e. The highest BCUT2D eigenvalue weighted by Gasteiger charge is 2.33. The average Bonchev–Trinajstić information content (AvgIpc) is 2.39. The molecule has 2 rings (SSSR count). The Bertz CT molecular complexity index is 470. The van der Waals surface area contributed by atoms with Gasteiger partial charge in [-0.25, -0.2) is 0 Å². The second-order valence-electron chi connectivity index (χ2n) is 4.98. The average molecular weight is 328 g/mol. The molecule has 1 aliphatic heterocycles. The number of carbonyl (C=O) groups is 1. The van der Waals surface area contributed by atoms with Gasteiger partial charge in [0, 0.05) is 24.1 Å². The molecule has 104 valence electrons. The second kappa shape index (κ2) is 5.92. The van der Waals surface area contributed by atoms with E-state index >= 15 is 0 Å². The lowest BCUT2D eigenvalue weighted by Gasteiger charge is -2.36. The van der Waals surface area contributed by atoms with Crippen molar-refractivity contribution >= 4 is 21.8 Å². The molecule has 1 saturated heterocycles. The Morgan fingerprint density at radius 2 is 2.16 bits per heavy atom. The first kappa shape index (κ1) is 14.3. The maximum Gasteiger partial charge on any atom is 0.252 e. The molecule has 19 heavy (non-hydrogen) atoms. The molecular formula is C14H18BrNO3. The summed E-state index contributed by atoms with van der Waals surface area (Å²) in [5.74, 6) is 0.0779. The van der Waals surface area contributed by atoms with Crippen LogP contribution in [-0.4, -0.2) is 35.1 Å². The monoisotopic (exact) mass is 327 g/mol. The Labute approximate surface area is 121 Å². The van der Waals surface area contributed by atoms with Gasteiger partial charge in [-0.15, -0.1) is 0 Å². The molecule has 0 aromatic heterocycles. The number of phenolic OH excluding ortho intramolecular Hbond substituents is 1. The van der Waals surface area contributed by atoms with E-state index in [1.807, 2.05) is 6.92 Å². The summed E-state index contributed by atoms with van der Waals surface area (Å²) in [6.45, 7) is 3.15. The van der Waals surface area contributed by atoms with Crippen LogP contribution >= 0.6 is 15.9 Å². The number of halogens is 1. The van der Waals surface area contributed by atoms with Crippen LogP contribution in [0, 0.1) is 6.92 Å². The highest BCUT2D eigenvalue weighted by Crippen LogP contribution is 2.24. The van der Waals surface area contributed by atoms with Gasteiger partial charge in [-0.05, 0) is 43.5 Å². The predicted molar refractivity (Wildman–Crippen MR) is 76.9 cm³/mol. The molecule has 0 atom stereocenters. The number of alkyl halides is 1. The van der Waals surface area contributed by atoms with E-state index in [2.05, 4.69) is 21.2 Å². The Hall–Kier alpha value is -1.07. The fourth-order valence-corrected chi connectivity index (χ4v) is 2.97. The van der Waals surface area contributed by atoms with Gasteiger partial charge in [-0.2, -0.15) is 0 Å². The number of hydrogen-bond acceptors (Lipinski definition) is 3. The van der Waals surface area contributed by atoms with Gasteiger partial charge in [0.15, 0.2) is 0 Å². The molecule has 0 unspecified atom stereocenters. The number of carbonyl (C=O) groups excluding carboxylic acids is 1. The Balaban J connectivity index is 2.15. The highest BCUT2D eigenvalue weighted by atomic mass is 79.9. The highest BCUT2D eigenvalue weighted by molar-refractivity contribution is 9.09. The van der Waals surface area contributed by atoms with Crippen LogP contribution < -0.4 is 5.32 Å². The SMILES string of the molecule is Cc1cc(O)ccc1C(=O)NC1(CBr)CCOCC1. The summed E-state index contributed by atoms with van der Waals surface area (Å²) in [5.41, 5.74) is 1.14. The van der Waals surface area contributed by atoms with Crippen LogP contribution in [0.15, 0.2) is 18.2 Å². The normalized spacial score (nSPS) is 18.0. The number of aromatic hydroxyl groups is 1. The van der Waals surface area contributed by atoms with Crippen molar-refractivity contribution < 1.29 is 14.6 Å². The lowest BCUT2D eigenvalue weighted by Crippen LogP contribution is -2.53. The van der Waals surface area contributed by atoms with Crippen LogP contribution in [0.4, 0.5) is 0 Å². The molecule has 1 amide bonds. The van der Waals surface area contributed by atoms with Crippen molar-refractivity contribution in [3.8, 4) is 5.75 Å². The van der Waals surface area contributed by atoms with Crippen LogP contribution in [0.25, 0.3) is 0 Å². The first-order chi connectivity index (χ1) is 9.06.